The van der Waals surface area contributed by atoms with Crippen LogP contribution in [0.2, 0.25) is 0 Å². The van der Waals surface area contributed by atoms with Gasteiger partial charge in [0.05, 0.1) is 19.0 Å². The zero-order chi connectivity index (χ0) is 19.2. The number of aromatic hydroxyl groups is 1. The number of ether oxygens (including phenoxy) is 1. The predicted molar refractivity (Wildman–Crippen MR) is 95.3 cm³/mol. The van der Waals surface area contributed by atoms with Crippen molar-refractivity contribution in [2.45, 2.75) is 19.6 Å². The molecule has 0 unspecified atom stereocenters. The van der Waals surface area contributed by atoms with Crippen LogP contribution in [0.4, 0.5) is 5.82 Å². The number of para-hydroxylation sites is 1. The summed E-state index contributed by atoms with van der Waals surface area (Å²) in [6.45, 7) is 2.05. The molecule has 0 aliphatic heterocycles. The minimum Gasteiger partial charge on any atom is -0.508 e. The Morgan fingerprint density at radius 2 is 1.92 bits per heavy atom. The number of phenols is 1. The van der Waals surface area contributed by atoms with E-state index in [0.717, 1.165) is 0 Å². The van der Waals surface area contributed by atoms with Gasteiger partial charge in [0, 0.05) is 0 Å². The molecule has 0 saturated heterocycles. The number of anilines is 1. The monoisotopic (exact) mass is 381 g/mol. The molecule has 0 bridgehead atoms. The molecule has 0 aliphatic rings. The molecule has 26 heavy (non-hydrogen) atoms. The molecular formula is C15H20N5O5P. The maximum absolute atomic E-state index is 10.7. The van der Waals surface area contributed by atoms with Crippen LogP contribution >= 0.6 is 7.60 Å². The lowest BCUT2D eigenvalue weighted by atomic mass is 10.3. The van der Waals surface area contributed by atoms with Crippen LogP contribution in [0.25, 0.3) is 11.2 Å². The summed E-state index contributed by atoms with van der Waals surface area (Å²) < 4.78 is 17.5. The molecule has 3 rings (SSSR count). The molecule has 3 aromatic rings. The van der Waals surface area contributed by atoms with E-state index in [2.05, 4.69) is 15.0 Å². The van der Waals surface area contributed by atoms with Gasteiger partial charge in [0.25, 0.3) is 0 Å². The van der Waals surface area contributed by atoms with Crippen LogP contribution in [-0.4, -0.2) is 46.9 Å². The zero-order valence-electron chi connectivity index (χ0n) is 14.0. The van der Waals surface area contributed by atoms with E-state index in [1.807, 2.05) is 6.07 Å². The molecule has 0 aliphatic carbocycles. The lowest BCUT2D eigenvalue weighted by Crippen LogP contribution is -2.17. The topological polar surface area (TPSA) is 157 Å². The lowest BCUT2D eigenvalue weighted by molar-refractivity contribution is 0.0764. The van der Waals surface area contributed by atoms with E-state index in [4.69, 9.17) is 25.4 Å². The van der Waals surface area contributed by atoms with Crippen LogP contribution in [0, 0.1) is 0 Å². The third kappa shape index (κ3) is 6.08. The quantitative estimate of drug-likeness (QED) is 0.479. The number of imidazole rings is 1. The summed E-state index contributed by atoms with van der Waals surface area (Å²) in [5, 5.41) is 8.63. The first-order valence-corrected chi connectivity index (χ1v) is 9.37. The van der Waals surface area contributed by atoms with Gasteiger partial charge in [-0.05, 0) is 19.1 Å². The third-order valence-electron chi connectivity index (χ3n) is 3.17. The molecule has 0 saturated carbocycles. The van der Waals surface area contributed by atoms with Crippen LogP contribution in [0.15, 0.2) is 43.0 Å². The number of hydrogen-bond donors (Lipinski definition) is 4. The van der Waals surface area contributed by atoms with Crippen LogP contribution in [-0.2, 0) is 15.8 Å². The fourth-order valence-electron chi connectivity index (χ4n) is 2.01. The van der Waals surface area contributed by atoms with Gasteiger partial charge in [-0.3, -0.25) is 4.57 Å². The highest BCUT2D eigenvalue weighted by molar-refractivity contribution is 7.51. The smallest absolute Gasteiger partial charge is 0.350 e. The number of phenolic OH excluding ortho intramolecular Hbond substituents is 1. The lowest BCUT2D eigenvalue weighted by Gasteiger charge is -2.14. The van der Waals surface area contributed by atoms with Gasteiger partial charge in [-0.15, -0.1) is 0 Å². The summed E-state index contributed by atoms with van der Waals surface area (Å²) in [6.07, 6.45) is 1.85. The maximum Gasteiger partial charge on any atom is 0.350 e. The van der Waals surface area contributed by atoms with Gasteiger partial charge in [-0.2, -0.15) is 0 Å². The van der Waals surface area contributed by atoms with Crippen molar-refractivity contribution in [2.75, 3.05) is 12.1 Å². The highest BCUT2D eigenvalue weighted by Gasteiger charge is 2.16. The van der Waals surface area contributed by atoms with Gasteiger partial charge in [0.15, 0.2) is 11.5 Å². The van der Waals surface area contributed by atoms with Crippen LogP contribution in [0.3, 0.4) is 0 Å². The SMILES string of the molecule is C[C@H](Cn1cnc2c(N)ncnc21)OCP(=O)(O)O.Oc1ccccc1. The Labute approximate surface area is 149 Å². The van der Waals surface area contributed by atoms with Gasteiger partial charge in [0.1, 0.15) is 23.9 Å². The van der Waals surface area contributed by atoms with Gasteiger partial charge >= 0.3 is 7.60 Å². The number of rotatable bonds is 5. The van der Waals surface area contributed by atoms with Crippen LogP contribution in [0.5, 0.6) is 5.75 Å². The van der Waals surface area contributed by atoms with Crippen molar-refractivity contribution in [2.24, 2.45) is 0 Å². The molecule has 0 amide bonds. The molecule has 0 spiro atoms. The largest absolute Gasteiger partial charge is 0.508 e. The highest BCUT2D eigenvalue weighted by Crippen LogP contribution is 2.34. The van der Waals surface area contributed by atoms with Crippen LogP contribution in [0.1, 0.15) is 6.92 Å². The Bertz CT molecular complexity index is 883. The van der Waals surface area contributed by atoms with Crippen LogP contribution < -0.4 is 5.73 Å². The van der Waals surface area contributed by atoms with Crippen molar-refractivity contribution in [1.82, 2.24) is 19.5 Å². The van der Waals surface area contributed by atoms with E-state index >= 15 is 0 Å². The van der Waals surface area contributed by atoms with E-state index in [1.54, 1.807) is 35.8 Å². The molecule has 0 radical (unpaired) electrons. The minimum atomic E-state index is -4.16. The molecule has 2 aromatic heterocycles. The van der Waals surface area contributed by atoms with Crippen molar-refractivity contribution in [3.8, 4) is 5.75 Å². The maximum atomic E-state index is 10.7. The Morgan fingerprint density at radius 1 is 1.23 bits per heavy atom. The normalized spacial score (nSPS) is 12.4. The Hall–Kier alpha value is -2.52. The van der Waals surface area contributed by atoms with Gasteiger partial charge in [-0.1, -0.05) is 18.2 Å². The third-order valence-corrected chi connectivity index (χ3v) is 3.65. The van der Waals surface area contributed by atoms with Crippen molar-refractivity contribution in [3.05, 3.63) is 43.0 Å². The van der Waals surface area contributed by atoms with Crippen molar-refractivity contribution in [1.29, 1.82) is 0 Å². The molecule has 2 heterocycles. The predicted octanol–water partition coefficient (Wildman–Crippen LogP) is 1.34. The number of nitrogens with zero attached hydrogens (tertiary/aromatic N) is 4. The summed E-state index contributed by atoms with van der Waals surface area (Å²) in [5.74, 6) is 0.607. The first-order valence-electron chi connectivity index (χ1n) is 7.58. The summed E-state index contributed by atoms with van der Waals surface area (Å²) in [4.78, 5) is 29.4. The van der Waals surface area contributed by atoms with E-state index in [0.29, 0.717) is 23.5 Å². The second-order valence-electron chi connectivity index (χ2n) is 5.43. The first kappa shape index (κ1) is 19.8. The van der Waals surface area contributed by atoms with E-state index in [-0.39, 0.29) is 5.82 Å². The molecule has 5 N–H and O–H groups in total. The minimum absolute atomic E-state index is 0.285. The highest BCUT2D eigenvalue weighted by atomic mass is 31.2. The first-order chi connectivity index (χ1) is 12.3. The number of fused-ring (bicyclic) bond motifs is 1. The van der Waals surface area contributed by atoms with Crippen molar-refractivity contribution < 1.29 is 24.2 Å². The molecule has 10 nitrogen and oxygen atoms in total. The molecule has 1 aromatic carbocycles. The molecule has 140 valence electrons. The summed E-state index contributed by atoms with van der Waals surface area (Å²) in [5.41, 5.74) is 6.70. The van der Waals surface area contributed by atoms with Gasteiger partial charge in [-0.25, -0.2) is 15.0 Å². The summed E-state index contributed by atoms with van der Waals surface area (Å²) in [6, 6.07) is 8.71. The van der Waals surface area contributed by atoms with Gasteiger partial charge in [0.2, 0.25) is 0 Å². The number of nitrogens with two attached hydrogens (primary N) is 1. The fraction of sp³-hybridized carbons (Fsp3) is 0.267. The second-order valence-corrected chi connectivity index (χ2v) is 7.02. The Balaban J connectivity index is 0.000000290. The van der Waals surface area contributed by atoms with E-state index < -0.39 is 20.0 Å². The van der Waals surface area contributed by atoms with Gasteiger partial charge < -0.3 is 29.9 Å². The number of hydrogen-bond acceptors (Lipinski definition) is 7. The molecular weight excluding hydrogens is 361 g/mol. The Morgan fingerprint density at radius 3 is 2.50 bits per heavy atom. The summed E-state index contributed by atoms with van der Waals surface area (Å²) >= 11 is 0. The average Bonchev–Trinajstić information content (AvgIpc) is 2.98. The second kappa shape index (κ2) is 8.72. The average molecular weight is 381 g/mol. The number of benzene rings is 1. The Kier molecular flexibility index (Phi) is 6.64. The van der Waals surface area contributed by atoms with Crippen molar-refractivity contribution >= 4 is 24.6 Å². The standard InChI is InChI=1S/C9H14N5O4P.C6H6O/c1-6(18-5-19(15,16)17)2-14-4-13-7-8(10)11-3-12-9(7)14;7-6-4-2-1-3-5-6/h3-4,6H,2,5H2,1H3,(H2,10,11,12)(H2,15,16,17);1-5,7H/t6-;/m1./s1. The molecule has 0 fully saturated rings. The molecule has 1 atom stereocenters. The number of nitrogen functional groups attached to an aromatic ring is 1. The van der Waals surface area contributed by atoms with E-state index in [9.17, 15) is 4.57 Å². The van der Waals surface area contributed by atoms with Crippen molar-refractivity contribution in [3.63, 3.8) is 0 Å². The zero-order valence-corrected chi connectivity index (χ0v) is 14.9. The number of aromatic nitrogens is 4. The van der Waals surface area contributed by atoms with E-state index in [1.165, 1.54) is 12.7 Å². The fourth-order valence-corrected chi connectivity index (χ4v) is 2.46. The summed E-state index contributed by atoms with van der Waals surface area (Å²) in [7, 11) is -4.16. The molecule has 11 heteroatoms.